The van der Waals surface area contributed by atoms with Crippen LogP contribution < -0.4 is 4.74 Å². The molecule has 0 fully saturated rings. The summed E-state index contributed by atoms with van der Waals surface area (Å²) in [6.07, 6.45) is 2.01. The lowest BCUT2D eigenvalue weighted by molar-refractivity contribution is 0.146. The van der Waals surface area contributed by atoms with E-state index in [-0.39, 0.29) is 0 Å². The number of halogens is 3. The van der Waals surface area contributed by atoms with Crippen LogP contribution in [0.15, 0.2) is 42.9 Å². The number of methoxy groups -OCH3 is 1. The molecule has 0 bridgehead atoms. The fraction of sp³-hybridized carbons (Fsp3) is 0.235. The Bertz CT molecular complexity index is 765. The number of aromatic nitrogens is 1. The van der Waals surface area contributed by atoms with E-state index in [4.69, 9.17) is 9.47 Å². The minimum Gasteiger partial charge on any atom is -0.481 e. The summed E-state index contributed by atoms with van der Waals surface area (Å²) in [5.41, 5.74) is 1.22. The van der Waals surface area contributed by atoms with Crippen LogP contribution in [0.3, 0.4) is 0 Å². The van der Waals surface area contributed by atoms with Gasteiger partial charge < -0.3 is 14.4 Å². The lowest BCUT2D eigenvalue weighted by atomic mass is 10.0. The van der Waals surface area contributed by atoms with Gasteiger partial charge in [0, 0.05) is 23.5 Å². The van der Waals surface area contributed by atoms with E-state index < -0.39 is 17.8 Å². The van der Waals surface area contributed by atoms with Gasteiger partial charge in [-0.25, -0.2) is 18.2 Å². The van der Waals surface area contributed by atoms with Crippen molar-refractivity contribution in [3.8, 4) is 17.0 Å². The van der Waals surface area contributed by atoms with E-state index in [0.717, 1.165) is 17.7 Å². The number of pyridine rings is 1. The van der Waals surface area contributed by atoms with Crippen LogP contribution in [-0.2, 0) is 11.3 Å². The number of ether oxygens (including phenoxy) is 2. The Morgan fingerprint density at radius 2 is 2.12 bits per heavy atom. The molecule has 4 nitrogen and oxygen atoms in total. The SMILES string of the molecule is COc1ncc(-c2ccc(F)c(C(F)F)c2)cc1CN1C=COC1. The highest BCUT2D eigenvalue weighted by atomic mass is 19.3. The zero-order chi connectivity index (χ0) is 17.1. The first-order valence-corrected chi connectivity index (χ1v) is 7.21. The molecule has 1 aromatic heterocycles. The maximum Gasteiger partial charge on any atom is 0.266 e. The van der Waals surface area contributed by atoms with Crippen molar-refractivity contribution in [3.05, 3.63) is 59.9 Å². The second-order valence-electron chi connectivity index (χ2n) is 5.26. The first-order chi connectivity index (χ1) is 11.6. The van der Waals surface area contributed by atoms with E-state index >= 15 is 0 Å². The van der Waals surface area contributed by atoms with Gasteiger partial charge in [0.2, 0.25) is 5.88 Å². The molecule has 0 saturated heterocycles. The van der Waals surface area contributed by atoms with Crippen LogP contribution in [0.1, 0.15) is 17.6 Å². The molecule has 0 aliphatic carbocycles. The van der Waals surface area contributed by atoms with E-state index in [1.165, 1.54) is 19.4 Å². The maximum absolute atomic E-state index is 13.5. The summed E-state index contributed by atoms with van der Waals surface area (Å²) in [4.78, 5) is 6.12. The molecule has 2 heterocycles. The molecule has 2 aromatic rings. The Kier molecular flexibility index (Phi) is 4.59. The number of benzene rings is 1. The van der Waals surface area contributed by atoms with Crippen molar-refractivity contribution < 1.29 is 22.6 Å². The smallest absolute Gasteiger partial charge is 0.266 e. The Morgan fingerprint density at radius 3 is 2.79 bits per heavy atom. The molecule has 126 valence electrons. The Hall–Kier alpha value is -2.70. The topological polar surface area (TPSA) is 34.6 Å². The van der Waals surface area contributed by atoms with Gasteiger partial charge in [-0.05, 0) is 23.8 Å². The van der Waals surface area contributed by atoms with Gasteiger partial charge >= 0.3 is 0 Å². The average Bonchev–Trinajstić information content (AvgIpc) is 3.08. The average molecular weight is 336 g/mol. The van der Waals surface area contributed by atoms with Gasteiger partial charge in [-0.2, -0.15) is 0 Å². The van der Waals surface area contributed by atoms with Crippen LogP contribution in [0.2, 0.25) is 0 Å². The van der Waals surface area contributed by atoms with Crippen molar-refractivity contribution in [2.45, 2.75) is 13.0 Å². The Labute approximate surface area is 137 Å². The fourth-order valence-electron chi connectivity index (χ4n) is 2.47. The molecule has 0 saturated carbocycles. The van der Waals surface area contributed by atoms with Crippen LogP contribution in [-0.4, -0.2) is 23.7 Å². The molecule has 0 unspecified atom stereocenters. The van der Waals surface area contributed by atoms with Crippen molar-refractivity contribution >= 4 is 0 Å². The van der Waals surface area contributed by atoms with Gasteiger partial charge in [-0.1, -0.05) is 6.07 Å². The Balaban J connectivity index is 1.96. The third-order valence-electron chi connectivity index (χ3n) is 3.66. The standard InChI is InChI=1S/C17H15F3N2O2/c1-23-17-13(9-22-4-5-24-10-22)6-12(8-21-17)11-2-3-15(18)14(7-11)16(19)20/h2-8,16H,9-10H2,1H3. The highest BCUT2D eigenvalue weighted by Gasteiger charge is 2.16. The fourth-order valence-corrected chi connectivity index (χ4v) is 2.47. The lowest BCUT2D eigenvalue weighted by Crippen LogP contribution is -2.15. The number of hydrogen-bond donors (Lipinski definition) is 0. The van der Waals surface area contributed by atoms with Crippen molar-refractivity contribution in [1.29, 1.82) is 0 Å². The summed E-state index contributed by atoms with van der Waals surface area (Å²) in [7, 11) is 1.51. The normalized spacial score (nSPS) is 13.5. The molecular formula is C17H15F3N2O2. The van der Waals surface area contributed by atoms with E-state index in [1.807, 2.05) is 4.90 Å². The third-order valence-corrected chi connectivity index (χ3v) is 3.66. The molecule has 1 aliphatic heterocycles. The lowest BCUT2D eigenvalue weighted by Gasteiger charge is -2.16. The Morgan fingerprint density at radius 1 is 1.29 bits per heavy atom. The molecule has 3 rings (SSSR count). The zero-order valence-electron chi connectivity index (χ0n) is 12.9. The number of hydrogen-bond acceptors (Lipinski definition) is 4. The van der Waals surface area contributed by atoms with Crippen LogP contribution >= 0.6 is 0 Å². The molecule has 1 aliphatic rings. The summed E-state index contributed by atoms with van der Waals surface area (Å²) in [5.74, 6) is -0.481. The highest BCUT2D eigenvalue weighted by Crippen LogP contribution is 2.30. The van der Waals surface area contributed by atoms with Crippen molar-refractivity contribution in [2.24, 2.45) is 0 Å². The molecule has 24 heavy (non-hydrogen) atoms. The van der Waals surface area contributed by atoms with Gasteiger partial charge in [0.15, 0.2) is 6.73 Å². The van der Waals surface area contributed by atoms with Crippen LogP contribution in [0.4, 0.5) is 13.2 Å². The molecule has 0 atom stereocenters. The summed E-state index contributed by atoms with van der Waals surface area (Å²) < 4.78 is 49.6. The second-order valence-corrected chi connectivity index (χ2v) is 5.26. The van der Waals surface area contributed by atoms with Gasteiger partial charge in [0.1, 0.15) is 12.1 Å². The monoisotopic (exact) mass is 336 g/mol. The number of alkyl halides is 2. The molecule has 1 aromatic carbocycles. The molecule has 0 N–H and O–H groups in total. The highest BCUT2D eigenvalue weighted by molar-refractivity contribution is 5.65. The minimum absolute atomic E-state index is 0.416. The second kappa shape index (κ2) is 6.82. The summed E-state index contributed by atoms with van der Waals surface area (Å²) in [6, 6.07) is 5.43. The third kappa shape index (κ3) is 3.29. The molecule has 7 heteroatoms. The van der Waals surface area contributed by atoms with Crippen LogP contribution in [0.5, 0.6) is 5.88 Å². The van der Waals surface area contributed by atoms with E-state index in [2.05, 4.69) is 4.98 Å². The largest absolute Gasteiger partial charge is 0.481 e. The maximum atomic E-state index is 13.5. The number of rotatable bonds is 5. The first kappa shape index (κ1) is 16.2. The van der Waals surface area contributed by atoms with Crippen molar-refractivity contribution in [3.63, 3.8) is 0 Å². The van der Waals surface area contributed by atoms with E-state index in [1.54, 1.807) is 18.5 Å². The van der Waals surface area contributed by atoms with Crippen LogP contribution in [0.25, 0.3) is 11.1 Å². The van der Waals surface area contributed by atoms with E-state index in [0.29, 0.717) is 30.3 Å². The molecule has 0 spiro atoms. The van der Waals surface area contributed by atoms with Crippen LogP contribution in [0, 0.1) is 5.82 Å². The zero-order valence-corrected chi connectivity index (χ0v) is 12.9. The van der Waals surface area contributed by atoms with Gasteiger partial charge in [-0.3, -0.25) is 0 Å². The molecule has 0 amide bonds. The summed E-state index contributed by atoms with van der Waals surface area (Å²) in [6.45, 7) is 0.906. The molecule has 0 radical (unpaired) electrons. The first-order valence-electron chi connectivity index (χ1n) is 7.21. The van der Waals surface area contributed by atoms with E-state index in [9.17, 15) is 13.2 Å². The number of nitrogens with zero attached hydrogens (tertiary/aromatic N) is 2. The van der Waals surface area contributed by atoms with Gasteiger partial charge in [-0.15, -0.1) is 0 Å². The summed E-state index contributed by atoms with van der Waals surface area (Å²) >= 11 is 0. The quantitative estimate of drug-likeness (QED) is 0.823. The molecular weight excluding hydrogens is 321 g/mol. The van der Waals surface area contributed by atoms with Gasteiger partial charge in [0.05, 0.1) is 19.2 Å². The predicted octanol–water partition coefficient (Wildman–Crippen LogP) is 4.09. The van der Waals surface area contributed by atoms with Gasteiger partial charge in [0.25, 0.3) is 6.43 Å². The predicted molar refractivity (Wildman–Crippen MR) is 81.8 cm³/mol. The van der Waals surface area contributed by atoms with Crippen molar-refractivity contribution in [1.82, 2.24) is 9.88 Å². The summed E-state index contributed by atoms with van der Waals surface area (Å²) in [5, 5.41) is 0. The minimum atomic E-state index is -2.87. The van der Waals surface area contributed by atoms with Crippen molar-refractivity contribution in [2.75, 3.05) is 13.8 Å².